The molecular weight excluding hydrogens is 683 g/mol. The molecule has 0 aromatic rings. The molecule has 0 heterocycles. The second-order valence-electron chi connectivity index (χ2n) is 16.5. The van der Waals surface area contributed by atoms with Gasteiger partial charge in [-0.1, -0.05) is 212 Å². The Labute approximate surface area is 341 Å². The van der Waals surface area contributed by atoms with Gasteiger partial charge < -0.3 is 20.3 Å². The molecule has 6 heteroatoms. The largest absolute Gasteiger partial charge is 0.462 e. The van der Waals surface area contributed by atoms with Crippen LogP contribution in [0.1, 0.15) is 252 Å². The van der Waals surface area contributed by atoms with Crippen molar-refractivity contribution in [1.29, 1.82) is 0 Å². The molecule has 0 aliphatic carbocycles. The number of ether oxygens (including phenoxy) is 1. The van der Waals surface area contributed by atoms with Gasteiger partial charge in [-0.05, 0) is 51.4 Å². The average molecular weight is 776 g/mol. The molecule has 3 atom stereocenters. The van der Waals surface area contributed by atoms with Gasteiger partial charge in [0.2, 0.25) is 5.91 Å². The Hall–Kier alpha value is -1.66. The van der Waals surface area contributed by atoms with E-state index in [2.05, 4.69) is 50.4 Å². The topological polar surface area (TPSA) is 95.9 Å². The van der Waals surface area contributed by atoms with Crippen molar-refractivity contribution in [3.8, 4) is 0 Å². The summed E-state index contributed by atoms with van der Waals surface area (Å²) in [6, 6.07) is -0.703. The van der Waals surface area contributed by atoms with Crippen molar-refractivity contribution in [2.24, 2.45) is 0 Å². The molecule has 3 unspecified atom stereocenters. The number of unbranched alkanes of at least 4 members (excludes halogenated alkanes) is 28. The van der Waals surface area contributed by atoms with Crippen molar-refractivity contribution in [3.05, 3.63) is 24.3 Å². The normalized spacial score (nSPS) is 13.5. The Bertz CT molecular complexity index is 873. The van der Waals surface area contributed by atoms with Crippen molar-refractivity contribution in [2.45, 2.75) is 270 Å². The van der Waals surface area contributed by atoms with Crippen LogP contribution in [0.3, 0.4) is 0 Å². The number of esters is 1. The summed E-state index contributed by atoms with van der Waals surface area (Å²) in [5.74, 6) is -0.493. The number of hydrogen-bond acceptors (Lipinski definition) is 5. The van der Waals surface area contributed by atoms with Crippen LogP contribution >= 0.6 is 0 Å². The first-order valence-electron chi connectivity index (χ1n) is 24.1. The molecule has 1 amide bonds. The standard InChI is InChI=1S/C49H93NO5/c1-4-7-10-13-16-19-21-22-23-24-25-27-29-31-34-37-40-45(55-49(54)42-39-36-33-30-26-20-17-14-11-8-5-2)43-48(53)50-46(44-51)47(52)41-38-35-32-28-18-15-12-9-6-3/h23-25,27,45-47,51-52H,4-22,26,28-44H2,1-3H3,(H,50,53)/b24-23+,27-25+. The Morgan fingerprint density at radius 1 is 0.527 bits per heavy atom. The van der Waals surface area contributed by atoms with Gasteiger partial charge in [0, 0.05) is 6.42 Å². The van der Waals surface area contributed by atoms with E-state index in [1.807, 2.05) is 0 Å². The zero-order valence-electron chi connectivity index (χ0n) is 36.8. The van der Waals surface area contributed by atoms with E-state index < -0.39 is 18.2 Å². The van der Waals surface area contributed by atoms with E-state index in [0.29, 0.717) is 19.3 Å². The second-order valence-corrected chi connectivity index (χ2v) is 16.5. The number of aliphatic hydroxyl groups is 2. The molecule has 0 bridgehead atoms. The van der Waals surface area contributed by atoms with Crippen molar-refractivity contribution in [3.63, 3.8) is 0 Å². The summed E-state index contributed by atoms with van der Waals surface area (Å²) >= 11 is 0. The number of amides is 1. The van der Waals surface area contributed by atoms with Crippen molar-refractivity contribution in [1.82, 2.24) is 5.32 Å². The van der Waals surface area contributed by atoms with E-state index in [4.69, 9.17) is 4.74 Å². The highest BCUT2D eigenvalue weighted by atomic mass is 16.5. The molecular formula is C49H93NO5. The van der Waals surface area contributed by atoms with Crippen molar-refractivity contribution >= 4 is 11.9 Å². The SMILES string of the molecule is CCCCCCCCC/C=C/C=C/CCCCCC(CC(=O)NC(CO)C(O)CCCCCCCCCCC)OC(=O)CCCCCCCCCCCCC. The molecule has 0 fully saturated rings. The van der Waals surface area contributed by atoms with Crippen LogP contribution in [0.15, 0.2) is 24.3 Å². The Morgan fingerprint density at radius 2 is 0.909 bits per heavy atom. The third-order valence-corrected chi connectivity index (χ3v) is 11.1. The summed E-state index contributed by atoms with van der Waals surface area (Å²) in [6.07, 6.45) is 48.1. The lowest BCUT2D eigenvalue weighted by atomic mass is 10.0. The Morgan fingerprint density at radius 3 is 1.36 bits per heavy atom. The number of carbonyl (C=O) groups excluding carboxylic acids is 2. The summed E-state index contributed by atoms with van der Waals surface area (Å²) < 4.78 is 5.90. The second kappa shape index (κ2) is 43.5. The fourth-order valence-electron chi connectivity index (χ4n) is 7.36. The summed E-state index contributed by atoms with van der Waals surface area (Å²) in [4.78, 5) is 26.0. The van der Waals surface area contributed by atoms with Gasteiger partial charge in [-0.25, -0.2) is 0 Å². The van der Waals surface area contributed by atoms with Crippen LogP contribution < -0.4 is 5.32 Å². The van der Waals surface area contributed by atoms with E-state index in [1.165, 1.54) is 135 Å². The lowest BCUT2D eigenvalue weighted by Gasteiger charge is -2.24. The van der Waals surface area contributed by atoms with Crippen LogP contribution in [0.5, 0.6) is 0 Å². The minimum absolute atomic E-state index is 0.0642. The lowest BCUT2D eigenvalue weighted by Crippen LogP contribution is -2.46. The molecule has 55 heavy (non-hydrogen) atoms. The molecule has 0 radical (unpaired) electrons. The molecule has 0 saturated carbocycles. The maximum absolute atomic E-state index is 13.1. The number of hydrogen-bond donors (Lipinski definition) is 3. The molecule has 6 nitrogen and oxygen atoms in total. The van der Waals surface area contributed by atoms with Gasteiger partial charge in [-0.2, -0.15) is 0 Å². The van der Waals surface area contributed by atoms with Crippen LogP contribution in [0.25, 0.3) is 0 Å². The van der Waals surface area contributed by atoms with E-state index in [1.54, 1.807) is 0 Å². The summed E-state index contributed by atoms with van der Waals surface area (Å²) in [6.45, 7) is 6.45. The molecule has 3 N–H and O–H groups in total. The van der Waals surface area contributed by atoms with Gasteiger partial charge in [-0.15, -0.1) is 0 Å². The van der Waals surface area contributed by atoms with Gasteiger partial charge in [0.1, 0.15) is 6.10 Å². The number of aliphatic hydroxyl groups excluding tert-OH is 2. The predicted molar refractivity (Wildman–Crippen MR) is 236 cm³/mol. The maximum atomic E-state index is 13.1. The van der Waals surface area contributed by atoms with Gasteiger partial charge in [0.05, 0.1) is 25.2 Å². The zero-order chi connectivity index (χ0) is 40.3. The third-order valence-electron chi connectivity index (χ3n) is 11.1. The van der Waals surface area contributed by atoms with Gasteiger partial charge >= 0.3 is 5.97 Å². The monoisotopic (exact) mass is 776 g/mol. The number of nitrogens with one attached hydrogen (secondary N) is 1. The van der Waals surface area contributed by atoms with Crippen molar-refractivity contribution < 1.29 is 24.5 Å². The molecule has 0 rings (SSSR count). The van der Waals surface area contributed by atoms with E-state index in [0.717, 1.165) is 70.6 Å². The maximum Gasteiger partial charge on any atom is 0.306 e. The van der Waals surface area contributed by atoms with Crippen LogP contribution in [0.2, 0.25) is 0 Å². The minimum atomic E-state index is -0.788. The van der Waals surface area contributed by atoms with Gasteiger partial charge in [-0.3, -0.25) is 9.59 Å². The quantitative estimate of drug-likeness (QED) is 0.0326. The molecule has 0 saturated heterocycles. The average Bonchev–Trinajstić information content (AvgIpc) is 3.18. The fourth-order valence-corrected chi connectivity index (χ4v) is 7.36. The molecule has 0 spiro atoms. The zero-order valence-corrected chi connectivity index (χ0v) is 36.8. The number of allylic oxidation sites excluding steroid dienone is 4. The smallest absolute Gasteiger partial charge is 0.306 e. The molecule has 0 aliphatic rings. The van der Waals surface area contributed by atoms with Crippen LogP contribution in [0, 0.1) is 0 Å². The first-order valence-corrected chi connectivity index (χ1v) is 24.1. The summed E-state index contributed by atoms with van der Waals surface area (Å²) in [5.41, 5.74) is 0. The van der Waals surface area contributed by atoms with Crippen LogP contribution in [-0.4, -0.2) is 46.9 Å². The highest BCUT2D eigenvalue weighted by Gasteiger charge is 2.24. The molecule has 0 aliphatic heterocycles. The van der Waals surface area contributed by atoms with Crippen molar-refractivity contribution in [2.75, 3.05) is 6.61 Å². The summed E-state index contributed by atoms with van der Waals surface area (Å²) in [7, 11) is 0. The molecule has 324 valence electrons. The van der Waals surface area contributed by atoms with Gasteiger partial charge in [0.15, 0.2) is 0 Å². The molecule has 0 aromatic carbocycles. The van der Waals surface area contributed by atoms with Crippen LogP contribution in [0.4, 0.5) is 0 Å². The third kappa shape index (κ3) is 39.0. The van der Waals surface area contributed by atoms with Gasteiger partial charge in [0.25, 0.3) is 0 Å². The first kappa shape index (κ1) is 53.3. The molecule has 0 aromatic heterocycles. The summed E-state index contributed by atoms with van der Waals surface area (Å²) in [5, 5.41) is 23.6. The number of rotatable bonds is 43. The Balaban J connectivity index is 4.63. The first-order chi connectivity index (χ1) is 27.0. The lowest BCUT2D eigenvalue weighted by molar-refractivity contribution is -0.151. The highest BCUT2D eigenvalue weighted by Crippen LogP contribution is 2.17. The minimum Gasteiger partial charge on any atom is -0.462 e. The van der Waals surface area contributed by atoms with E-state index in [9.17, 15) is 19.8 Å². The van der Waals surface area contributed by atoms with E-state index >= 15 is 0 Å². The number of carbonyl (C=O) groups is 2. The highest BCUT2D eigenvalue weighted by molar-refractivity contribution is 5.77. The Kier molecular flexibility index (Phi) is 42.2. The predicted octanol–water partition coefficient (Wildman–Crippen LogP) is 14.0. The van der Waals surface area contributed by atoms with Crippen LogP contribution in [-0.2, 0) is 14.3 Å². The van der Waals surface area contributed by atoms with E-state index in [-0.39, 0.29) is 24.9 Å². The fraction of sp³-hybridized carbons (Fsp3) is 0.878.